The largest absolute Gasteiger partial charge is 0.454 e. The van der Waals surface area contributed by atoms with Crippen LogP contribution >= 0.6 is 0 Å². The van der Waals surface area contributed by atoms with Gasteiger partial charge in [-0.05, 0) is 57.0 Å². The van der Waals surface area contributed by atoms with E-state index in [2.05, 4.69) is 20.2 Å². The predicted octanol–water partition coefficient (Wildman–Crippen LogP) is 3.61. The molecule has 0 N–H and O–H groups in total. The fourth-order valence-corrected chi connectivity index (χ4v) is 4.09. The fraction of sp³-hybridized carbons (Fsp3) is 0.348. The molecule has 1 saturated heterocycles. The Morgan fingerprint density at radius 2 is 2.16 bits per heavy atom. The van der Waals surface area contributed by atoms with Gasteiger partial charge in [-0.2, -0.15) is 10.1 Å². The molecule has 0 spiro atoms. The Morgan fingerprint density at radius 3 is 2.94 bits per heavy atom. The zero-order chi connectivity index (χ0) is 22.1. The van der Waals surface area contributed by atoms with Gasteiger partial charge in [0, 0.05) is 36.7 Å². The summed E-state index contributed by atoms with van der Waals surface area (Å²) in [5.74, 6) is 1.97. The van der Waals surface area contributed by atoms with E-state index in [9.17, 15) is 4.79 Å². The molecule has 9 nitrogen and oxygen atoms in total. The molecule has 9 heteroatoms. The van der Waals surface area contributed by atoms with Crippen molar-refractivity contribution in [3.05, 3.63) is 71.5 Å². The van der Waals surface area contributed by atoms with E-state index in [1.54, 1.807) is 23.4 Å². The van der Waals surface area contributed by atoms with Crippen molar-refractivity contribution in [3.63, 3.8) is 0 Å². The van der Waals surface area contributed by atoms with E-state index in [1.807, 2.05) is 42.8 Å². The van der Waals surface area contributed by atoms with Crippen molar-refractivity contribution in [3.8, 4) is 11.4 Å². The first kappa shape index (κ1) is 20.2. The Kier molecular flexibility index (Phi) is 5.30. The summed E-state index contributed by atoms with van der Waals surface area (Å²) < 4.78 is 13.2. The third-order valence-corrected chi connectivity index (χ3v) is 5.70. The molecule has 0 saturated carbocycles. The molecule has 1 unspecified atom stereocenters. The Morgan fingerprint density at radius 1 is 1.25 bits per heavy atom. The Bertz CT molecular complexity index is 1230. The van der Waals surface area contributed by atoms with Crippen LogP contribution in [0, 0.1) is 13.8 Å². The van der Waals surface area contributed by atoms with E-state index in [0.29, 0.717) is 42.9 Å². The second-order valence-corrected chi connectivity index (χ2v) is 8.14. The lowest BCUT2D eigenvalue weighted by atomic mass is 9.97. The number of piperidine rings is 1. The van der Waals surface area contributed by atoms with Crippen LogP contribution in [-0.2, 0) is 6.54 Å². The van der Waals surface area contributed by atoms with Crippen LogP contribution in [-0.4, -0.2) is 48.8 Å². The molecule has 164 valence electrons. The lowest BCUT2D eigenvalue weighted by molar-refractivity contribution is 0.0661. The van der Waals surface area contributed by atoms with E-state index in [0.717, 1.165) is 29.8 Å². The lowest BCUT2D eigenvalue weighted by Crippen LogP contribution is -2.39. The number of nitrogens with zero attached hydrogens (tertiary/aromatic N) is 6. The number of carbonyl (C=O) groups is 1. The lowest BCUT2D eigenvalue weighted by Gasteiger charge is -2.30. The van der Waals surface area contributed by atoms with Gasteiger partial charge in [-0.1, -0.05) is 5.16 Å². The maximum atomic E-state index is 13.1. The number of pyridine rings is 1. The summed E-state index contributed by atoms with van der Waals surface area (Å²) in [4.78, 5) is 23.5. The second kappa shape index (κ2) is 8.41. The summed E-state index contributed by atoms with van der Waals surface area (Å²) in [6.07, 6.45) is 5.15. The quantitative estimate of drug-likeness (QED) is 0.475. The first-order valence-electron chi connectivity index (χ1n) is 10.7. The van der Waals surface area contributed by atoms with Crippen molar-refractivity contribution in [1.82, 2.24) is 29.8 Å². The summed E-state index contributed by atoms with van der Waals surface area (Å²) in [7, 11) is 0. The molecule has 0 aromatic carbocycles. The number of rotatable bonds is 5. The highest BCUT2D eigenvalue weighted by molar-refractivity contribution is 5.91. The molecule has 0 aliphatic carbocycles. The van der Waals surface area contributed by atoms with Crippen molar-refractivity contribution in [2.75, 3.05) is 13.1 Å². The number of carbonyl (C=O) groups excluding carboxylic acids is 1. The van der Waals surface area contributed by atoms with E-state index >= 15 is 0 Å². The van der Waals surface area contributed by atoms with Crippen LogP contribution in [0.25, 0.3) is 11.4 Å². The van der Waals surface area contributed by atoms with Gasteiger partial charge in [-0.25, -0.2) is 0 Å². The predicted molar refractivity (Wildman–Crippen MR) is 115 cm³/mol. The highest BCUT2D eigenvalue weighted by atomic mass is 16.5. The smallest absolute Gasteiger partial charge is 0.289 e. The van der Waals surface area contributed by atoms with E-state index in [1.165, 1.54) is 0 Å². The Labute approximate surface area is 185 Å². The highest BCUT2D eigenvalue weighted by Crippen LogP contribution is 2.28. The first-order chi connectivity index (χ1) is 15.6. The van der Waals surface area contributed by atoms with Gasteiger partial charge >= 0.3 is 0 Å². The Hall–Kier alpha value is -3.75. The molecule has 1 fully saturated rings. The van der Waals surface area contributed by atoms with Crippen molar-refractivity contribution in [2.45, 2.75) is 39.2 Å². The number of hydrogen-bond donors (Lipinski definition) is 0. The minimum Gasteiger partial charge on any atom is -0.454 e. The molecule has 4 aromatic rings. The monoisotopic (exact) mass is 432 g/mol. The van der Waals surface area contributed by atoms with Gasteiger partial charge < -0.3 is 13.8 Å². The van der Waals surface area contributed by atoms with E-state index in [-0.39, 0.29) is 11.8 Å². The summed E-state index contributed by atoms with van der Waals surface area (Å²) in [5.41, 5.74) is 2.81. The zero-order valence-corrected chi connectivity index (χ0v) is 18.1. The van der Waals surface area contributed by atoms with Gasteiger partial charge in [0.05, 0.1) is 18.2 Å². The fourth-order valence-electron chi connectivity index (χ4n) is 4.09. The van der Waals surface area contributed by atoms with Gasteiger partial charge in [0.1, 0.15) is 5.76 Å². The minimum absolute atomic E-state index is 0.00486. The number of amides is 1. The van der Waals surface area contributed by atoms with Crippen LogP contribution in [0.3, 0.4) is 0 Å². The molecule has 0 radical (unpaired) electrons. The average Bonchev–Trinajstić information content (AvgIpc) is 3.55. The molecule has 1 aliphatic heterocycles. The molecular formula is C23H24N6O3. The standard InChI is InChI=1S/C23H24N6O3/c1-15-11-16(2)29(26-15)14-19-7-8-20(31-19)23(30)28-10-4-6-18(13-28)22-25-21(27-32-22)17-5-3-9-24-12-17/h3,5,7-9,11-12,18H,4,6,10,13-14H2,1-2H3. The number of furan rings is 1. The van der Waals surface area contributed by atoms with E-state index in [4.69, 9.17) is 8.94 Å². The summed E-state index contributed by atoms with van der Waals surface area (Å²) >= 11 is 0. The molecular weight excluding hydrogens is 408 g/mol. The average molecular weight is 432 g/mol. The van der Waals surface area contributed by atoms with Crippen LogP contribution in [0.15, 0.2) is 51.7 Å². The molecule has 5 heterocycles. The van der Waals surface area contributed by atoms with Crippen molar-refractivity contribution in [1.29, 1.82) is 0 Å². The zero-order valence-electron chi connectivity index (χ0n) is 18.1. The van der Waals surface area contributed by atoms with Crippen LogP contribution in [0.1, 0.15) is 52.4 Å². The number of aryl methyl sites for hydroxylation is 2. The van der Waals surface area contributed by atoms with Gasteiger partial charge in [0.2, 0.25) is 11.7 Å². The topological polar surface area (TPSA) is 103 Å². The van der Waals surface area contributed by atoms with Crippen molar-refractivity contribution < 1.29 is 13.7 Å². The summed E-state index contributed by atoms with van der Waals surface area (Å²) in [5, 5.41) is 8.54. The van der Waals surface area contributed by atoms with Crippen molar-refractivity contribution in [2.24, 2.45) is 0 Å². The molecule has 32 heavy (non-hydrogen) atoms. The third-order valence-electron chi connectivity index (χ3n) is 5.70. The van der Waals surface area contributed by atoms with Crippen molar-refractivity contribution >= 4 is 5.91 Å². The summed E-state index contributed by atoms with van der Waals surface area (Å²) in [6.45, 7) is 5.64. The third kappa shape index (κ3) is 4.05. The van der Waals surface area contributed by atoms with Crippen LogP contribution in [0.2, 0.25) is 0 Å². The number of aromatic nitrogens is 5. The highest BCUT2D eigenvalue weighted by Gasteiger charge is 2.30. The maximum Gasteiger partial charge on any atom is 0.289 e. The maximum absolute atomic E-state index is 13.1. The van der Waals surface area contributed by atoms with Gasteiger partial charge in [0.15, 0.2) is 5.76 Å². The van der Waals surface area contributed by atoms with Crippen LogP contribution < -0.4 is 0 Å². The Balaban J connectivity index is 1.27. The molecule has 1 amide bonds. The van der Waals surface area contributed by atoms with Crippen LogP contribution in [0.4, 0.5) is 0 Å². The molecule has 4 aromatic heterocycles. The normalized spacial score (nSPS) is 16.4. The summed E-state index contributed by atoms with van der Waals surface area (Å²) in [6, 6.07) is 9.31. The first-order valence-corrected chi connectivity index (χ1v) is 10.7. The number of hydrogen-bond acceptors (Lipinski definition) is 7. The van der Waals surface area contributed by atoms with Crippen LogP contribution in [0.5, 0.6) is 0 Å². The van der Waals surface area contributed by atoms with E-state index < -0.39 is 0 Å². The minimum atomic E-state index is -0.124. The molecule has 1 aliphatic rings. The SMILES string of the molecule is Cc1cc(C)n(Cc2ccc(C(=O)N3CCCC(c4nc(-c5cccnc5)no4)C3)o2)n1. The number of likely N-dealkylation sites (tertiary alicyclic amines) is 1. The van der Waals surface area contributed by atoms with Gasteiger partial charge in [-0.3, -0.25) is 14.5 Å². The second-order valence-electron chi connectivity index (χ2n) is 8.14. The molecule has 5 rings (SSSR count). The van der Waals surface area contributed by atoms with Gasteiger partial charge in [0.25, 0.3) is 5.91 Å². The molecule has 0 bridgehead atoms. The van der Waals surface area contributed by atoms with Gasteiger partial charge in [-0.15, -0.1) is 0 Å². The molecule has 1 atom stereocenters.